The Morgan fingerprint density at radius 1 is 1.11 bits per heavy atom. The van der Waals surface area contributed by atoms with Crippen molar-refractivity contribution in [3.8, 4) is 11.5 Å². The van der Waals surface area contributed by atoms with Crippen LogP contribution in [0.3, 0.4) is 0 Å². The second-order valence-electron chi connectivity index (χ2n) is 8.70. The van der Waals surface area contributed by atoms with Crippen molar-refractivity contribution in [3.63, 3.8) is 0 Å². The summed E-state index contributed by atoms with van der Waals surface area (Å²) >= 11 is 1.67. The molecule has 9 heteroatoms. The lowest BCUT2D eigenvalue weighted by Gasteiger charge is -2.37. The minimum absolute atomic E-state index is 0.121. The Bertz CT molecular complexity index is 1220. The van der Waals surface area contributed by atoms with E-state index in [-0.39, 0.29) is 36.6 Å². The van der Waals surface area contributed by atoms with Crippen LogP contribution in [0.5, 0.6) is 11.5 Å². The molecule has 0 saturated carbocycles. The molecular formula is C28H31FN2O5S. The summed E-state index contributed by atoms with van der Waals surface area (Å²) in [5.41, 5.74) is 1.27. The quantitative estimate of drug-likeness (QED) is 0.342. The summed E-state index contributed by atoms with van der Waals surface area (Å²) in [6, 6.07) is 14.6. The van der Waals surface area contributed by atoms with E-state index < -0.39 is 5.82 Å². The third-order valence-corrected chi connectivity index (χ3v) is 7.34. The van der Waals surface area contributed by atoms with Gasteiger partial charge in [-0.05, 0) is 60.2 Å². The van der Waals surface area contributed by atoms with Gasteiger partial charge in [0.25, 0.3) is 5.91 Å². The van der Waals surface area contributed by atoms with Crippen molar-refractivity contribution in [1.29, 1.82) is 0 Å². The third-order valence-electron chi connectivity index (χ3n) is 6.34. The fraction of sp³-hybridized carbons (Fsp3) is 0.357. The third kappa shape index (κ3) is 6.47. The van der Waals surface area contributed by atoms with Gasteiger partial charge >= 0.3 is 0 Å². The number of halogens is 1. The number of nitrogens with zero attached hydrogens (tertiary/aromatic N) is 2. The number of para-hydroxylation sites is 2. The van der Waals surface area contributed by atoms with Crippen molar-refractivity contribution in [2.75, 3.05) is 47.1 Å². The van der Waals surface area contributed by atoms with Gasteiger partial charge in [0.1, 0.15) is 19.0 Å². The zero-order valence-corrected chi connectivity index (χ0v) is 21.8. The van der Waals surface area contributed by atoms with Crippen LogP contribution in [-0.4, -0.2) is 68.7 Å². The number of rotatable bonds is 11. The van der Waals surface area contributed by atoms with Gasteiger partial charge in [-0.1, -0.05) is 18.2 Å². The van der Waals surface area contributed by atoms with Gasteiger partial charge in [-0.15, -0.1) is 11.3 Å². The van der Waals surface area contributed by atoms with Crippen LogP contribution in [0.25, 0.3) is 0 Å². The highest BCUT2D eigenvalue weighted by atomic mass is 32.1. The van der Waals surface area contributed by atoms with Gasteiger partial charge in [0.15, 0.2) is 11.5 Å². The summed E-state index contributed by atoms with van der Waals surface area (Å²) in [5, 5.41) is 2.03. The van der Waals surface area contributed by atoms with Crippen molar-refractivity contribution in [2.24, 2.45) is 0 Å². The van der Waals surface area contributed by atoms with E-state index in [0.717, 1.165) is 12.0 Å². The molecule has 1 aromatic heterocycles. The number of carbonyl (C=O) groups is 2. The van der Waals surface area contributed by atoms with E-state index in [4.69, 9.17) is 14.2 Å². The molecule has 0 radical (unpaired) electrons. The second kappa shape index (κ2) is 12.7. The number of fused-ring (bicyclic) bond motifs is 1. The Morgan fingerprint density at radius 3 is 2.68 bits per heavy atom. The molecule has 0 N–H and O–H groups in total. The van der Waals surface area contributed by atoms with Crippen molar-refractivity contribution >= 4 is 23.2 Å². The largest absolute Gasteiger partial charge is 0.493 e. The molecule has 1 aliphatic heterocycles. The molecule has 4 rings (SSSR count). The molecule has 0 unspecified atom stereocenters. The average Bonchev–Trinajstić information content (AvgIpc) is 3.40. The molecule has 37 heavy (non-hydrogen) atoms. The summed E-state index contributed by atoms with van der Waals surface area (Å²) in [5.74, 6) is 0.143. The second-order valence-corrected chi connectivity index (χ2v) is 9.70. The Labute approximate surface area is 220 Å². The maximum absolute atomic E-state index is 13.8. The van der Waals surface area contributed by atoms with E-state index in [1.165, 1.54) is 28.0 Å². The molecule has 0 spiro atoms. The van der Waals surface area contributed by atoms with Gasteiger partial charge in [0.2, 0.25) is 5.91 Å². The zero-order valence-electron chi connectivity index (χ0n) is 21.0. The van der Waals surface area contributed by atoms with Crippen molar-refractivity contribution < 1.29 is 28.2 Å². The van der Waals surface area contributed by atoms with Crippen molar-refractivity contribution in [2.45, 2.75) is 18.9 Å². The maximum atomic E-state index is 13.8. The number of hydrogen-bond acceptors (Lipinski definition) is 6. The number of amides is 2. The van der Waals surface area contributed by atoms with Crippen LogP contribution in [-0.2, 0) is 16.0 Å². The van der Waals surface area contributed by atoms with Gasteiger partial charge in [-0.25, -0.2) is 4.39 Å². The molecule has 2 aromatic carbocycles. The lowest BCUT2D eigenvalue weighted by molar-refractivity contribution is -0.135. The number of methoxy groups -OCH3 is 2. The first-order valence-corrected chi connectivity index (χ1v) is 13.0. The molecule has 1 atom stereocenters. The number of hydrogen-bond donors (Lipinski definition) is 0. The lowest BCUT2D eigenvalue weighted by atomic mass is 10.0. The highest BCUT2D eigenvalue weighted by molar-refractivity contribution is 7.10. The summed E-state index contributed by atoms with van der Waals surface area (Å²) in [4.78, 5) is 31.4. The van der Waals surface area contributed by atoms with Crippen LogP contribution in [0.15, 0.2) is 60.0 Å². The zero-order chi connectivity index (χ0) is 26.2. The molecular weight excluding hydrogens is 495 g/mol. The first-order chi connectivity index (χ1) is 18.0. The monoisotopic (exact) mass is 526 g/mol. The van der Waals surface area contributed by atoms with Crippen LogP contribution < -0.4 is 9.47 Å². The summed E-state index contributed by atoms with van der Waals surface area (Å²) in [6.07, 6.45) is 1.30. The standard InChI is InChI=1S/C28H31FN2O5S/c1-34-15-6-13-30(28(33)20-7-5-8-21(29)17-20)18-27(32)31-14-11-26-22(12-16-37-26)23(31)19-36-25-10-4-3-9-24(25)35-2/h3-5,7-10,12,16-17,23H,6,11,13-15,18-19H2,1-2H3/t23-/m0/s1. The number of carbonyl (C=O) groups excluding carboxylic acids is 2. The highest BCUT2D eigenvalue weighted by Crippen LogP contribution is 2.35. The smallest absolute Gasteiger partial charge is 0.254 e. The molecule has 2 amide bonds. The lowest BCUT2D eigenvalue weighted by Crippen LogP contribution is -2.48. The predicted octanol–water partition coefficient (Wildman–Crippen LogP) is 4.58. The minimum atomic E-state index is -0.497. The molecule has 3 aromatic rings. The van der Waals surface area contributed by atoms with E-state index in [9.17, 15) is 14.0 Å². The van der Waals surface area contributed by atoms with Crippen LogP contribution in [0.2, 0.25) is 0 Å². The summed E-state index contributed by atoms with van der Waals surface area (Å²) < 4.78 is 30.5. The van der Waals surface area contributed by atoms with Gasteiger partial charge in [0, 0.05) is 37.2 Å². The number of thiophene rings is 1. The molecule has 0 aliphatic carbocycles. The first-order valence-electron chi connectivity index (χ1n) is 12.2. The maximum Gasteiger partial charge on any atom is 0.254 e. The van der Waals surface area contributed by atoms with E-state index in [2.05, 4.69) is 0 Å². The van der Waals surface area contributed by atoms with Crippen LogP contribution in [0.4, 0.5) is 4.39 Å². The first kappa shape index (κ1) is 26.6. The van der Waals surface area contributed by atoms with Crippen LogP contribution in [0.1, 0.15) is 33.3 Å². The Balaban J connectivity index is 1.54. The Morgan fingerprint density at radius 2 is 1.92 bits per heavy atom. The molecule has 0 bridgehead atoms. The van der Waals surface area contributed by atoms with Crippen molar-refractivity contribution in [1.82, 2.24) is 9.80 Å². The normalized spacial score (nSPS) is 14.7. The van der Waals surface area contributed by atoms with E-state index in [0.29, 0.717) is 37.6 Å². The van der Waals surface area contributed by atoms with Gasteiger partial charge in [-0.3, -0.25) is 9.59 Å². The van der Waals surface area contributed by atoms with E-state index >= 15 is 0 Å². The van der Waals surface area contributed by atoms with E-state index in [1.807, 2.05) is 35.7 Å². The summed E-state index contributed by atoms with van der Waals surface area (Å²) in [7, 11) is 3.17. The Kier molecular flexibility index (Phi) is 9.14. The predicted molar refractivity (Wildman–Crippen MR) is 140 cm³/mol. The summed E-state index contributed by atoms with van der Waals surface area (Å²) in [6.45, 7) is 1.40. The van der Waals surface area contributed by atoms with Gasteiger partial charge < -0.3 is 24.0 Å². The van der Waals surface area contributed by atoms with Crippen molar-refractivity contribution in [3.05, 3.63) is 81.8 Å². The molecule has 0 fully saturated rings. The number of benzene rings is 2. The minimum Gasteiger partial charge on any atom is -0.493 e. The van der Waals surface area contributed by atoms with E-state index in [1.54, 1.807) is 36.5 Å². The fourth-order valence-electron chi connectivity index (χ4n) is 4.49. The fourth-order valence-corrected chi connectivity index (χ4v) is 5.42. The van der Waals surface area contributed by atoms with Crippen LogP contribution >= 0.6 is 11.3 Å². The van der Waals surface area contributed by atoms with Gasteiger partial charge in [0.05, 0.1) is 13.2 Å². The molecule has 196 valence electrons. The molecule has 7 nitrogen and oxygen atoms in total. The van der Waals surface area contributed by atoms with Crippen LogP contribution in [0, 0.1) is 5.82 Å². The molecule has 0 saturated heterocycles. The molecule has 2 heterocycles. The van der Waals surface area contributed by atoms with Gasteiger partial charge in [-0.2, -0.15) is 0 Å². The molecule has 1 aliphatic rings. The average molecular weight is 527 g/mol. The Hall–Kier alpha value is -3.43. The highest BCUT2D eigenvalue weighted by Gasteiger charge is 2.34. The topological polar surface area (TPSA) is 68.3 Å². The number of ether oxygens (including phenoxy) is 3. The SMILES string of the molecule is COCCCN(CC(=O)N1CCc2sccc2[C@@H]1COc1ccccc1OC)C(=O)c1cccc(F)c1.